The van der Waals surface area contributed by atoms with Crippen LogP contribution in [0.3, 0.4) is 0 Å². The lowest BCUT2D eigenvalue weighted by molar-refractivity contribution is -0.112. The van der Waals surface area contributed by atoms with Crippen LogP contribution >= 0.6 is 23.1 Å². The van der Waals surface area contributed by atoms with E-state index in [1.54, 1.807) is 42.5 Å². The Hall–Kier alpha value is -2.25. The molecule has 0 aliphatic carbocycles. The van der Waals surface area contributed by atoms with E-state index in [0.29, 0.717) is 35.1 Å². The molecule has 0 fully saturated rings. The fourth-order valence-electron chi connectivity index (χ4n) is 2.48. The van der Waals surface area contributed by atoms with Gasteiger partial charge in [-0.05, 0) is 49.1 Å². The number of ether oxygens (including phenoxy) is 1. The molecule has 136 valence electrons. The molecular formula is C19H20N2O3S2. The van der Waals surface area contributed by atoms with E-state index < -0.39 is 0 Å². The van der Waals surface area contributed by atoms with Crippen LogP contribution in [0.25, 0.3) is 0 Å². The Kier molecular flexibility index (Phi) is 6.35. The highest BCUT2D eigenvalue weighted by molar-refractivity contribution is 8.04. The van der Waals surface area contributed by atoms with E-state index >= 15 is 0 Å². The lowest BCUT2D eigenvalue weighted by atomic mass is 10.2. The molecule has 0 saturated heterocycles. The van der Waals surface area contributed by atoms with Gasteiger partial charge in [-0.25, -0.2) is 0 Å². The summed E-state index contributed by atoms with van der Waals surface area (Å²) >= 11 is 3.18. The summed E-state index contributed by atoms with van der Waals surface area (Å²) in [5.74, 6) is 1.13. The van der Waals surface area contributed by atoms with Gasteiger partial charge >= 0.3 is 0 Å². The molecule has 0 spiro atoms. The highest BCUT2D eigenvalue weighted by Gasteiger charge is 2.18. The SMILES string of the molecule is CC1=C(C(=O)Nc2ccc(C(=O)NCCc3cccs3)cc2)SCCO1. The number of nitrogens with one attached hydrogen (secondary N) is 2. The summed E-state index contributed by atoms with van der Waals surface area (Å²) in [7, 11) is 0. The number of hydrogen-bond donors (Lipinski definition) is 2. The fraction of sp³-hybridized carbons (Fsp3) is 0.263. The lowest BCUT2D eigenvalue weighted by Crippen LogP contribution is -2.25. The third-order valence-corrected chi connectivity index (χ3v) is 5.88. The Balaban J connectivity index is 1.52. The summed E-state index contributed by atoms with van der Waals surface area (Å²) in [6.45, 7) is 3.02. The van der Waals surface area contributed by atoms with Crippen molar-refractivity contribution < 1.29 is 14.3 Å². The van der Waals surface area contributed by atoms with Gasteiger partial charge in [-0.1, -0.05) is 6.07 Å². The van der Waals surface area contributed by atoms with Gasteiger partial charge in [0.15, 0.2) is 0 Å². The van der Waals surface area contributed by atoms with Gasteiger partial charge in [-0.15, -0.1) is 23.1 Å². The van der Waals surface area contributed by atoms with Crippen LogP contribution in [0.4, 0.5) is 5.69 Å². The number of thioether (sulfide) groups is 1. The molecule has 0 unspecified atom stereocenters. The minimum absolute atomic E-state index is 0.116. The molecule has 1 aliphatic heterocycles. The van der Waals surface area contributed by atoms with Crippen LogP contribution in [0, 0.1) is 0 Å². The van der Waals surface area contributed by atoms with Crippen molar-refractivity contribution in [2.75, 3.05) is 24.2 Å². The molecule has 1 aliphatic rings. The van der Waals surface area contributed by atoms with Gasteiger partial charge in [0, 0.05) is 28.4 Å². The first kappa shape index (κ1) is 18.5. The molecule has 1 aromatic heterocycles. The number of anilines is 1. The Morgan fingerprint density at radius 3 is 2.65 bits per heavy atom. The van der Waals surface area contributed by atoms with E-state index in [4.69, 9.17) is 4.74 Å². The smallest absolute Gasteiger partial charge is 0.265 e. The van der Waals surface area contributed by atoms with Crippen molar-refractivity contribution in [1.29, 1.82) is 0 Å². The van der Waals surface area contributed by atoms with E-state index in [2.05, 4.69) is 16.7 Å². The minimum Gasteiger partial charge on any atom is -0.496 e. The van der Waals surface area contributed by atoms with Crippen molar-refractivity contribution in [3.05, 3.63) is 62.9 Å². The van der Waals surface area contributed by atoms with Crippen molar-refractivity contribution in [3.63, 3.8) is 0 Å². The molecule has 0 atom stereocenters. The average molecular weight is 389 g/mol. The molecule has 26 heavy (non-hydrogen) atoms. The van der Waals surface area contributed by atoms with Gasteiger partial charge in [-0.2, -0.15) is 0 Å². The minimum atomic E-state index is -0.180. The van der Waals surface area contributed by atoms with Crippen LogP contribution in [0.5, 0.6) is 0 Å². The predicted molar refractivity (Wildman–Crippen MR) is 107 cm³/mol. The highest BCUT2D eigenvalue weighted by atomic mass is 32.2. The largest absolute Gasteiger partial charge is 0.496 e. The van der Waals surface area contributed by atoms with Crippen molar-refractivity contribution in [2.24, 2.45) is 0 Å². The maximum absolute atomic E-state index is 12.3. The third-order valence-electron chi connectivity index (χ3n) is 3.82. The van der Waals surface area contributed by atoms with E-state index in [9.17, 15) is 9.59 Å². The van der Waals surface area contributed by atoms with Crippen LogP contribution < -0.4 is 10.6 Å². The standard InChI is InChI=1S/C19H20N2O3S2/c1-13-17(26-12-10-24-13)19(23)21-15-6-4-14(5-7-15)18(22)20-9-8-16-3-2-11-25-16/h2-7,11H,8-10,12H2,1H3,(H,20,22)(H,21,23). The molecule has 2 aromatic rings. The number of carbonyl (C=O) groups excluding carboxylic acids is 2. The summed E-state index contributed by atoms with van der Waals surface area (Å²) in [5.41, 5.74) is 1.22. The maximum atomic E-state index is 12.3. The van der Waals surface area contributed by atoms with E-state index in [0.717, 1.165) is 12.2 Å². The van der Waals surface area contributed by atoms with Crippen LogP contribution in [0.15, 0.2) is 52.4 Å². The summed E-state index contributed by atoms with van der Waals surface area (Å²) in [6.07, 6.45) is 0.825. The Bertz CT molecular complexity index is 799. The van der Waals surface area contributed by atoms with Crippen LogP contribution in [0.2, 0.25) is 0 Å². The van der Waals surface area contributed by atoms with Crippen molar-refractivity contribution in [3.8, 4) is 0 Å². The van der Waals surface area contributed by atoms with Gasteiger partial charge in [0.1, 0.15) is 10.7 Å². The first-order chi connectivity index (χ1) is 12.6. The Morgan fingerprint density at radius 2 is 1.96 bits per heavy atom. The molecule has 2 amide bonds. The molecule has 7 heteroatoms. The first-order valence-corrected chi connectivity index (χ1v) is 10.2. The second kappa shape index (κ2) is 8.91. The monoisotopic (exact) mass is 388 g/mol. The Morgan fingerprint density at radius 1 is 1.15 bits per heavy atom. The topological polar surface area (TPSA) is 67.4 Å². The molecular weight excluding hydrogens is 368 g/mol. The lowest BCUT2D eigenvalue weighted by Gasteiger charge is -2.17. The van der Waals surface area contributed by atoms with E-state index in [1.807, 2.05) is 11.4 Å². The maximum Gasteiger partial charge on any atom is 0.265 e. The average Bonchev–Trinajstić information content (AvgIpc) is 3.16. The molecule has 3 rings (SSSR count). The van der Waals surface area contributed by atoms with E-state index in [-0.39, 0.29) is 11.8 Å². The van der Waals surface area contributed by atoms with Crippen LogP contribution in [0.1, 0.15) is 22.2 Å². The van der Waals surface area contributed by atoms with Gasteiger partial charge < -0.3 is 15.4 Å². The van der Waals surface area contributed by atoms with Crippen molar-refractivity contribution in [2.45, 2.75) is 13.3 Å². The molecule has 2 N–H and O–H groups in total. The number of rotatable bonds is 6. The highest BCUT2D eigenvalue weighted by Crippen LogP contribution is 2.26. The number of amides is 2. The zero-order chi connectivity index (χ0) is 18.4. The fourth-order valence-corrected chi connectivity index (χ4v) is 4.00. The summed E-state index contributed by atoms with van der Waals surface area (Å²) in [4.78, 5) is 26.3. The second-order valence-electron chi connectivity index (χ2n) is 5.70. The van der Waals surface area contributed by atoms with Gasteiger partial charge in [0.25, 0.3) is 11.8 Å². The third kappa shape index (κ3) is 4.89. The molecule has 0 saturated carbocycles. The molecule has 5 nitrogen and oxygen atoms in total. The molecule has 0 bridgehead atoms. The number of allylic oxidation sites excluding steroid dienone is 1. The molecule has 2 heterocycles. The zero-order valence-electron chi connectivity index (χ0n) is 14.4. The second-order valence-corrected chi connectivity index (χ2v) is 7.84. The quantitative estimate of drug-likeness (QED) is 0.793. The van der Waals surface area contributed by atoms with Crippen LogP contribution in [-0.2, 0) is 16.0 Å². The number of benzene rings is 1. The number of thiophene rings is 1. The van der Waals surface area contributed by atoms with Crippen molar-refractivity contribution in [1.82, 2.24) is 5.32 Å². The van der Waals surface area contributed by atoms with Gasteiger partial charge in [0.05, 0.1) is 6.61 Å². The Labute approximate surface area is 160 Å². The summed E-state index contributed by atoms with van der Waals surface area (Å²) < 4.78 is 5.41. The first-order valence-electron chi connectivity index (χ1n) is 8.32. The molecule has 1 aromatic carbocycles. The van der Waals surface area contributed by atoms with E-state index in [1.165, 1.54) is 16.6 Å². The molecule has 0 radical (unpaired) electrons. The van der Waals surface area contributed by atoms with Crippen molar-refractivity contribution >= 4 is 40.6 Å². The number of hydrogen-bond acceptors (Lipinski definition) is 5. The van der Waals surface area contributed by atoms with Gasteiger partial charge in [-0.3, -0.25) is 9.59 Å². The predicted octanol–water partition coefficient (Wildman–Crippen LogP) is 3.65. The zero-order valence-corrected chi connectivity index (χ0v) is 16.0. The summed E-state index contributed by atoms with van der Waals surface area (Å²) in [5, 5.41) is 7.78. The normalized spacial score (nSPS) is 13.9. The number of carbonyl (C=O) groups is 2. The van der Waals surface area contributed by atoms with Crippen LogP contribution in [-0.4, -0.2) is 30.7 Å². The summed E-state index contributed by atoms with van der Waals surface area (Å²) in [6, 6.07) is 10.9. The van der Waals surface area contributed by atoms with Gasteiger partial charge in [0.2, 0.25) is 0 Å².